The van der Waals surface area contributed by atoms with Crippen LogP contribution >= 0.6 is 23.1 Å². The number of hydrogen-bond acceptors (Lipinski definition) is 9. The average Bonchev–Trinajstić information content (AvgIpc) is 3.40. The van der Waals surface area contributed by atoms with Gasteiger partial charge in [-0.1, -0.05) is 23.1 Å². The number of Topliss-reactive ketones (excluding diaryl/α,β-unsaturated/α-hetero) is 1. The molecule has 0 fully saturated rings. The normalized spacial score (nSPS) is 12.0. The molecule has 0 bridgehead atoms. The third-order valence-corrected chi connectivity index (χ3v) is 6.19. The van der Waals surface area contributed by atoms with E-state index in [1.165, 1.54) is 30.2 Å². The van der Waals surface area contributed by atoms with Crippen LogP contribution in [0.25, 0.3) is 0 Å². The summed E-state index contributed by atoms with van der Waals surface area (Å²) in [6.07, 6.45) is 1.61. The molecule has 3 rings (SSSR count). The largest absolute Gasteiger partial charge is 0.467 e. The molecule has 8 nitrogen and oxygen atoms in total. The summed E-state index contributed by atoms with van der Waals surface area (Å²) in [5.74, 6) is 0.231. The van der Waals surface area contributed by atoms with Gasteiger partial charge in [0.05, 0.1) is 36.4 Å². The van der Waals surface area contributed by atoms with Crippen molar-refractivity contribution in [2.75, 3.05) is 12.4 Å². The van der Waals surface area contributed by atoms with Crippen molar-refractivity contribution >= 4 is 40.0 Å². The molecule has 1 atom stereocenters. The summed E-state index contributed by atoms with van der Waals surface area (Å²) in [5, 5.41) is 11.6. The Morgan fingerprint density at radius 1 is 1.39 bits per heavy atom. The first kappa shape index (κ1) is 20.2. The van der Waals surface area contributed by atoms with Crippen molar-refractivity contribution in [3.8, 4) is 0 Å². The van der Waals surface area contributed by atoms with Crippen LogP contribution in [0, 0.1) is 13.8 Å². The minimum atomic E-state index is -0.456. The maximum Gasteiger partial charge on any atom is 0.339 e. The zero-order chi connectivity index (χ0) is 20.3. The number of H-pyrrole nitrogens is 1. The molecule has 0 amide bonds. The summed E-state index contributed by atoms with van der Waals surface area (Å²) in [6, 6.07) is 3.69. The van der Waals surface area contributed by atoms with Crippen molar-refractivity contribution in [1.82, 2.24) is 15.2 Å². The molecular formula is C18H20N4O4S2. The molecule has 28 heavy (non-hydrogen) atoms. The van der Waals surface area contributed by atoms with Gasteiger partial charge in [-0.05, 0) is 38.5 Å². The summed E-state index contributed by atoms with van der Waals surface area (Å²) in [7, 11) is 1.32. The lowest BCUT2D eigenvalue weighted by atomic mass is 10.1. The van der Waals surface area contributed by atoms with Crippen molar-refractivity contribution in [3.05, 3.63) is 46.7 Å². The number of carbonyl (C=O) groups excluding carboxylic acids is 2. The zero-order valence-electron chi connectivity index (χ0n) is 15.9. The van der Waals surface area contributed by atoms with E-state index in [0.29, 0.717) is 38.5 Å². The van der Waals surface area contributed by atoms with Gasteiger partial charge in [0.25, 0.3) is 0 Å². The van der Waals surface area contributed by atoms with Gasteiger partial charge in [0.1, 0.15) is 5.76 Å². The first-order valence-corrected chi connectivity index (χ1v) is 10.2. The molecule has 0 spiro atoms. The number of nitrogens with one attached hydrogen (secondary N) is 2. The fourth-order valence-electron chi connectivity index (χ4n) is 2.72. The summed E-state index contributed by atoms with van der Waals surface area (Å²) in [5.41, 5.74) is 2.03. The molecule has 3 heterocycles. The highest BCUT2D eigenvalue weighted by Gasteiger charge is 2.26. The monoisotopic (exact) mass is 420 g/mol. The van der Waals surface area contributed by atoms with E-state index in [2.05, 4.69) is 20.5 Å². The Hall–Kier alpha value is -2.59. The minimum Gasteiger partial charge on any atom is -0.467 e. The molecule has 0 aliphatic carbocycles. The van der Waals surface area contributed by atoms with E-state index in [1.54, 1.807) is 27.0 Å². The second kappa shape index (κ2) is 8.61. The van der Waals surface area contributed by atoms with Gasteiger partial charge in [0.15, 0.2) is 10.1 Å². The van der Waals surface area contributed by atoms with Crippen LogP contribution in [0.4, 0.5) is 5.13 Å². The Morgan fingerprint density at radius 3 is 2.86 bits per heavy atom. The zero-order valence-corrected chi connectivity index (χ0v) is 17.5. The first-order valence-electron chi connectivity index (χ1n) is 8.48. The Kier molecular flexibility index (Phi) is 6.20. The van der Waals surface area contributed by atoms with Crippen LogP contribution in [0.1, 0.15) is 44.8 Å². The topological polar surface area (TPSA) is 110 Å². The van der Waals surface area contributed by atoms with E-state index in [9.17, 15) is 9.59 Å². The maximum absolute atomic E-state index is 12.9. The van der Waals surface area contributed by atoms with Crippen LogP contribution in [0.15, 0.2) is 27.2 Å². The fourth-order valence-corrected chi connectivity index (χ4v) is 4.67. The predicted molar refractivity (Wildman–Crippen MR) is 107 cm³/mol. The minimum absolute atomic E-state index is 0.110. The second-order valence-electron chi connectivity index (χ2n) is 6.05. The third kappa shape index (κ3) is 4.28. The lowest BCUT2D eigenvalue weighted by molar-refractivity contribution is 0.0599. The summed E-state index contributed by atoms with van der Waals surface area (Å²) >= 11 is 2.69. The van der Waals surface area contributed by atoms with E-state index < -0.39 is 11.2 Å². The molecule has 3 aromatic heterocycles. The standard InChI is InChI=1S/C18H20N4O4S2/c1-9-13(16(24)25-4)10(2)20-14(9)15(23)11(3)27-18-22-21-17(28-18)19-8-12-6-5-7-26-12/h5-7,11,20H,8H2,1-4H3,(H,19,21). The van der Waals surface area contributed by atoms with Crippen molar-refractivity contribution in [3.63, 3.8) is 0 Å². The van der Waals surface area contributed by atoms with Gasteiger partial charge in [-0.15, -0.1) is 10.2 Å². The van der Waals surface area contributed by atoms with Crippen molar-refractivity contribution in [1.29, 1.82) is 0 Å². The van der Waals surface area contributed by atoms with Gasteiger partial charge in [0.2, 0.25) is 5.13 Å². The molecule has 0 radical (unpaired) electrons. The molecule has 1 unspecified atom stereocenters. The molecule has 0 aromatic carbocycles. The van der Waals surface area contributed by atoms with Gasteiger partial charge in [-0.2, -0.15) is 0 Å². The van der Waals surface area contributed by atoms with Gasteiger partial charge in [0, 0.05) is 5.69 Å². The Labute approximate surface area is 170 Å². The van der Waals surface area contributed by atoms with Crippen LogP contribution < -0.4 is 5.32 Å². The molecule has 148 valence electrons. The number of methoxy groups -OCH3 is 1. The number of carbonyl (C=O) groups is 2. The van der Waals surface area contributed by atoms with Crippen molar-refractivity contribution < 1.29 is 18.7 Å². The molecule has 0 saturated carbocycles. The number of ketones is 1. The van der Waals surface area contributed by atoms with E-state index in [4.69, 9.17) is 9.15 Å². The quantitative estimate of drug-likeness (QED) is 0.321. The molecule has 3 aromatic rings. The van der Waals surface area contributed by atoms with Crippen LogP contribution in [0.5, 0.6) is 0 Å². The van der Waals surface area contributed by atoms with Gasteiger partial charge in [-0.3, -0.25) is 4.79 Å². The van der Waals surface area contributed by atoms with Gasteiger partial charge >= 0.3 is 5.97 Å². The molecule has 0 saturated heterocycles. The van der Waals surface area contributed by atoms with Crippen LogP contribution in [0.3, 0.4) is 0 Å². The predicted octanol–water partition coefficient (Wildman–Crippen LogP) is 3.84. The summed E-state index contributed by atoms with van der Waals surface area (Å²) in [4.78, 5) is 27.8. The number of esters is 1. The number of hydrogen-bond donors (Lipinski definition) is 2. The Balaban J connectivity index is 1.65. The van der Waals surface area contributed by atoms with Crippen LogP contribution in [-0.4, -0.2) is 39.3 Å². The highest BCUT2D eigenvalue weighted by atomic mass is 32.2. The van der Waals surface area contributed by atoms with Gasteiger partial charge < -0.3 is 19.5 Å². The smallest absolute Gasteiger partial charge is 0.339 e. The molecule has 0 aliphatic heterocycles. The van der Waals surface area contributed by atoms with Crippen LogP contribution in [0.2, 0.25) is 0 Å². The summed E-state index contributed by atoms with van der Waals surface area (Å²) in [6.45, 7) is 5.80. The fraction of sp³-hybridized carbons (Fsp3) is 0.333. The number of furan rings is 1. The van der Waals surface area contributed by atoms with Crippen LogP contribution in [-0.2, 0) is 11.3 Å². The third-order valence-electron chi connectivity index (χ3n) is 4.12. The number of rotatable bonds is 8. The number of nitrogens with zero attached hydrogens (tertiary/aromatic N) is 2. The highest BCUT2D eigenvalue weighted by Crippen LogP contribution is 2.31. The van der Waals surface area contributed by atoms with E-state index in [-0.39, 0.29) is 5.78 Å². The maximum atomic E-state index is 12.9. The summed E-state index contributed by atoms with van der Waals surface area (Å²) < 4.78 is 10.7. The number of anilines is 1. The molecular weight excluding hydrogens is 400 g/mol. The number of aromatic amines is 1. The molecule has 10 heteroatoms. The van der Waals surface area contributed by atoms with Gasteiger partial charge in [-0.25, -0.2) is 4.79 Å². The van der Waals surface area contributed by atoms with E-state index in [0.717, 1.165) is 5.76 Å². The second-order valence-corrected chi connectivity index (χ2v) is 8.61. The van der Waals surface area contributed by atoms with E-state index >= 15 is 0 Å². The lowest BCUT2D eigenvalue weighted by Crippen LogP contribution is -2.15. The number of aromatic nitrogens is 3. The Bertz CT molecular complexity index is 978. The number of ether oxygens (including phenoxy) is 1. The highest BCUT2D eigenvalue weighted by molar-refractivity contribution is 8.02. The lowest BCUT2D eigenvalue weighted by Gasteiger charge is -2.07. The Morgan fingerprint density at radius 2 is 2.18 bits per heavy atom. The molecule has 2 N–H and O–H groups in total. The van der Waals surface area contributed by atoms with Crippen molar-refractivity contribution in [2.24, 2.45) is 0 Å². The molecule has 0 aliphatic rings. The average molecular weight is 421 g/mol. The number of thioether (sulfide) groups is 1. The SMILES string of the molecule is COC(=O)c1c(C)[nH]c(C(=O)C(C)Sc2nnc(NCc3ccco3)s2)c1C. The van der Waals surface area contributed by atoms with Crippen molar-refractivity contribution in [2.45, 2.75) is 36.9 Å². The van der Waals surface area contributed by atoms with E-state index in [1.807, 2.05) is 12.1 Å². The first-order chi connectivity index (χ1) is 13.4. The number of aryl methyl sites for hydroxylation is 1.